The molecule has 3 rings (SSSR count). The lowest BCUT2D eigenvalue weighted by molar-refractivity contribution is 0.0985. The van der Waals surface area contributed by atoms with E-state index in [0.29, 0.717) is 11.4 Å². The molecule has 0 saturated heterocycles. The van der Waals surface area contributed by atoms with Crippen LogP contribution in [0.3, 0.4) is 0 Å². The van der Waals surface area contributed by atoms with Crippen molar-refractivity contribution >= 4 is 23.2 Å². The van der Waals surface area contributed by atoms with Crippen molar-refractivity contribution in [3.8, 4) is 0 Å². The molecule has 3 aromatic rings. The fourth-order valence-electron chi connectivity index (χ4n) is 2.28. The number of carbonyl (C=O) groups is 2. The summed E-state index contributed by atoms with van der Waals surface area (Å²) < 4.78 is 12.9. The van der Waals surface area contributed by atoms with Gasteiger partial charge >= 0.3 is 0 Å². The number of imidazole rings is 1. The molecule has 7 heteroatoms. The van der Waals surface area contributed by atoms with Crippen LogP contribution < -0.4 is 10.6 Å². The van der Waals surface area contributed by atoms with Gasteiger partial charge in [0, 0.05) is 11.4 Å². The summed E-state index contributed by atoms with van der Waals surface area (Å²) in [5.74, 6) is -1.45. The van der Waals surface area contributed by atoms with Crippen molar-refractivity contribution in [2.75, 3.05) is 10.6 Å². The van der Waals surface area contributed by atoms with Gasteiger partial charge in [-0.25, -0.2) is 9.37 Å². The van der Waals surface area contributed by atoms with Crippen molar-refractivity contribution < 1.29 is 14.0 Å². The minimum Gasteiger partial charge on any atom is -0.340 e. The molecule has 0 saturated carbocycles. The molecule has 0 unspecified atom stereocenters. The zero-order chi connectivity index (χ0) is 17.8. The third-order valence-corrected chi connectivity index (χ3v) is 3.46. The molecule has 2 amide bonds. The van der Waals surface area contributed by atoms with Gasteiger partial charge in [-0.1, -0.05) is 12.1 Å². The molecule has 1 aromatic heterocycles. The highest BCUT2D eigenvalue weighted by Gasteiger charge is 2.20. The van der Waals surface area contributed by atoms with Crippen LogP contribution in [0.2, 0.25) is 0 Å². The molecule has 0 spiro atoms. The van der Waals surface area contributed by atoms with Gasteiger partial charge in [-0.15, -0.1) is 0 Å². The predicted octanol–water partition coefficient (Wildman–Crippen LogP) is 3.36. The van der Waals surface area contributed by atoms with Gasteiger partial charge in [-0.05, 0) is 48.9 Å². The normalized spacial score (nSPS) is 10.3. The highest BCUT2D eigenvalue weighted by molar-refractivity contribution is 6.13. The van der Waals surface area contributed by atoms with E-state index in [1.165, 1.54) is 30.6 Å². The molecule has 25 heavy (non-hydrogen) atoms. The van der Waals surface area contributed by atoms with Crippen molar-refractivity contribution in [3.05, 3.63) is 77.6 Å². The predicted molar refractivity (Wildman–Crippen MR) is 92.1 cm³/mol. The van der Waals surface area contributed by atoms with E-state index in [2.05, 4.69) is 20.6 Å². The first kappa shape index (κ1) is 16.4. The number of hydrogen-bond donors (Lipinski definition) is 3. The van der Waals surface area contributed by atoms with E-state index >= 15 is 0 Å². The third-order valence-electron chi connectivity index (χ3n) is 3.46. The Hall–Kier alpha value is -3.48. The molecule has 0 aliphatic heterocycles. The molecule has 0 aliphatic carbocycles. The summed E-state index contributed by atoms with van der Waals surface area (Å²) in [7, 11) is 0. The molecule has 2 aromatic carbocycles. The maximum absolute atomic E-state index is 12.9. The number of halogens is 1. The highest BCUT2D eigenvalue weighted by atomic mass is 19.1. The molecular formula is C18H15FN4O2. The van der Waals surface area contributed by atoms with Crippen LogP contribution in [0.1, 0.15) is 26.5 Å². The Morgan fingerprint density at radius 2 is 1.72 bits per heavy atom. The van der Waals surface area contributed by atoms with Crippen LogP contribution in [0.25, 0.3) is 0 Å². The van der Waals surface area contributed by atoms with Crippen molar-refractivity contribution in [3.63, 3.8) is 0 Å². The lowest BCUT2D eigenvalue weighted by atomic mass is 10.2. The van der Waals surface area contributed by atoms with E-state index < -0.39 is 17.6 Å². The first-order valence-corrected chi connectivity index (χ1v) is 7.51. The monoisotopic (exact) mass is 338 g/mol. The summed E-state index contributed by atoms with van der Waals surface area (Å²) in [6.07, 6.45) is 1.27. The quantitative estimate of drug-likeness (QED) is 0.682. The summed E-state index contributed by atoms with van der Waals surface area (Å²) in [6.45, 7) is 1.91. The number of anilines is 2. The Morgan fingerprint density at radius 3 is 2.44 bits per heavy atom. The van der Waals surface area contributed by atoms with E-state index in [-0.39, 0.29) is 11.4 Å². The van der Waals surface area contributed by atoms with Crippen LogP contribution in [-0.2, 0) is 0 Å². The average molecular weight is 338 g/mol. The van der Waals surface area contributed by atoms with Gasteiger partial charge in [0.25, 0.3) is 11.8 Å². The van der Waals surface area contributed by atoms with Crippen LogP contribution in [-0.4, -0.2) is 21.8 Å². The first-order valence-electron chi connectivity index (χ1n) is 7.51. The van der Waals surface area contributed by atoms with Crippen molar-refractivity contribution in [2.24, 2.45) is 0 Å². The number of aromatic amines is 1. The van der Waals surface area contributed by atoms with Crippen LogP contribution in [0.5, 0.6) is 0 Å². The lowest BCUT2D eigenvalue weighted by Gasteiger charge is -2.07. The van der Waals surface area contributed by atoms with E-state index in [4.69, 9.17) is 0 Å². The minimum absolute atomic E-state index is 0.0227. The second kappa shape index (κ2) is 6.96. The Kier molecular flexibility index (Phi) is 4.56. The summed E-state index contributed by atoms with van der Waals surface area (Å²) in [4.78, 5) is 31.3. The largest absolute Gasteiger partial charge is 0.340 e. The van der Waals surface area contributed by atoms with Gasteiger partial charge < -0.3 is 15.6 Å². The number of hydrogen-bond acceptors (Lipinski definition) is 3. The smallest absolute Gasteiger partial charge is 0.276 e. The highest BCUT2D eigenvalue weighted by Crippen LogP contribution is 2.14. The number of rotatable bonds is 4. The summed E-state index contributed by atoms with van der Waals surface area (Å²) in [5.41, 5.74) is 2.01. The molecule has 0 bridgehead atoms. The Bertz CT molecular complexity index is 919. The maximum Gasteiger partial charge on any atom is 0.276 e. The Labute approximate surface area is 143 Å². The summed E-state index contributed by atoms with van der Waals surface area (Å²) in [5, 5.41) is 5.28. The molecule has 0 atom stereocenters. The number of nitrogens with one attached hydrogen (secondary N) is 3. The zero-order valence-electron chi connectivity index (χ0n) is 13.3. The fourth-order valence-corrected chi connectivity index (χ4v) is 2.28. The lowest BCUT2D eigenvalue weighted by Crippen LogP contribution is -2.20. The number of aromatic nitrogens is 2. The van der Waals surface area contributed by atoms with Crippen molar-refractivity contribution in [2.45, 2.75) is 6.92 Å². The molecular weight excluding hydrogens is 323 g/mol. The first-order chi connectivity index (χ1) is 12.0. The SMILES string of the molecule is Cc1cccc(NC(=O)c2nc[nH]c2C(=O)Nc2ccc(F)cc2)c1. The van der Waals surface area contributed by atoms with Crippen molar-refractivity contribution in [1.82, 2.24) is 9.97 Å². The van der Waals surface area contributed by atoms with Gasteiger partial charge in [0.2, 0.25) is 0 Å². The van der Waals surface area contributed by atoms with Gasteiger partial charge in [-0.3, -0.25) is 9.59 Å². The van der Waals surface area contributed by atoms with Gasteiger partial charge in [-0.2, -0.15) is 0 Å². The number of carbonyl (C=O) groups excluding carboxylic acids is 2. The molecule has 126 valence electrons. The van der Waals surface area contributed by atoms with E-state index in [1.54, 1.807) is 6.07 Å². The second-order valence-electron chi connectivity index (χ2n) is 5.41. The van der Waals surface area contributed by atoms with Gasteiger partial charge in [0.15, 0.2) is 5.69 Å². The van der Waals surface area contributed by atoms with Crippen LogP contribution in [0.15, 0.2) is 54.9 Å². The summed E-state index contributed by atoms with van der Waals surface area (Å²) >= 11 is 0. The van der Waals surface area contributed by atoms with E-state index in [9.17, 15) is 14.0 Å². The molecule has 0 aliphatic rings. The topological polar surface area (TPSA) is 86.9 Å². The number of nitrogens with zero attached hydrogens (tertiary/aromatic N) is 1. The molecule has 6 nitrogen and oxygen atoms in total. The third kappa shape index (κ3) is 3.89. The van der Waals surface area contributed by atoms with Crippen molar-refractivity contribution in [1.29, 1.82) is 0 Å². The number of H-pyrrole nitrogens is 1. The number of amides is 2. The van der Waals surface area contributed by atoms with Gasteiger partial charge in [0.1, 0.15) is 11.5 Å². The Balaban J connectivity index is 1.76. The average Bonchev–Trinajstić information content (AvgIpc) is 3.07. The molecule has 0 radical (unpaired) electrons. The zero-order valence-corrected chi connectivity index (χ0v) is 13.3. The van der Waals surface area contributed by atoms with Gasteiger partial charge in [0.05, 0.1) is 6.33 Å². The fraction of sp³-hybridized carbons (Fsp3) is 0.0556. The number of aryl methyl sites for hydroxylation is 1. The standard InChI is InChI=1S/C18H15FN4O2/c1-11-3-2-4-14(9-11)23-18(25)16-15(20-10-21-16)17(24)22-13-7-5-12(19)6-8-13/h2-10H,1H3,(H,20,21)(H,22,24)(H,23,25). The van der Waals surface area contributed by atoms with Crippen LogP contribution >= 0.6 is 0 Å². The maximum atomic E-state index is 12.9. The van der Waals surface area contributed by atoms with Crippen LogP contribution in [0.4, 0.5) is 15.8 Å². The molecule has 0 fully saturated rings. The summed E-state index contributed by atoms with van der Waals surface area (Å²) in [6, 6.07) is 12.6. The number of benzene rings is 2. The van der Waals surface area contributed by atoms with E-state index in [0.717, 1.165) is 5.56 Å². The Morgan fingerprint density at radius 1 is 1.00 bits per heavy atom. The molecule has 1 heterocycles. The molecule has 3 N–H and O–H groups in total. The second-order valence-corrected chi connectivity index (χ2v) is 5.41. The minimum atomic E-state index is -0.543. The van der Waals surface area contributed by atoms with E-state index in [1.807, 2.05) is 25.1 Å². The van der Waals surface area contributed by atoms with Crippen LogP contribution in [0, 0.1) is 12.7 Å².